The van der Waals surface area contributed by atoms with Crippen molar-refractivity contribution in [2.45, 2.75) is 36.4 Å². The number of hydrogen-bond donors (Lipinski definition) is 1. The van der Waals surface area contributed by atoms with E-state index in [0.717, 1.165) is 29.7 Å². The van der Waals surface area contributed by atoms with Gasteiger partial charge in [0.15, 0.2) is 0 Å². The highest BCUT2D eigenvalue weighted by atomic mass is 32.2. The van der Waals surface area contributed by atoms with Gasteiger partial charge in [-0.15, -0.1) is 21.5 Å². The highest BCUT2D eigenvalue weighted by molar-refractivity contribution is 7.91. The monoisotopic (exact) mass is 405 g/mol. The Morgan fingerprint density at radius 1 is 1.22 bits per heavy atom. The normalized spacial score (nSPS) is 14.4. The van der Waals surface area contributed by atoms with Crippen molar-refractivity contribution in [3.8, 4) is 16.5 Å². The first-order valence-corrected chi connectivity index (χ1v) is 11.0. The van der Waals surface area contributed by atoms with E-state index in [9.17, 15) is 8.42 Å². The lowest BCUT2D eigenvalue weighted by atomic mass is 10.2. The fourth-order valence-corrected chi connectivity index (χ4v) is 4.88. The fourth-order valence-electron chi connectivity index (χ4n) is 2.60. The molecule has 1 aliphatic rings. The molecule has 0 aliphatic heterocycles. The van der Waals surface area contributed by atoms with Crippen molar-refractivity contribution in [1.82, 2.24) is 14.9 Å². The van der Waals surface area contributed by atoms with Gasteiger partial charge in [0.1, 0.15) is 9.96 Å². The van der Waals surface area contributed by atoms with E-state index in [1.807, 2.05) is 31.2 Å². The second kappa shape index (κ2) is 7.41. The van der Waals surface area contributed by atoms with E-state index in [1.165, 1.54) is 0 Å². The molecule has 1 aliphatic carbocycles. The number of aromatic nitrogens is 2. The van der Waals surface area contributed by atoms with E-state index in [1.54, 1.807) is 12.1 Å². The Labute approximate surface area is 161 Å². The molecule has 3 aromatic rings. The first-order valence-electron chi connectivity index (χ1n) is 8.71. The zero-order valence-electron chi connectivity index (χ0n) is 14.7. The van der Waals surface area contributed by atoms with Crippen molar-refractivity contribution in [3.63, 3.8) is 0 Å². The second-order valence-electron chi connectivity index (χ2n) is 6.20. The van der Waals surface area contributed by atoms with Crippen molar-refractivity contribution in [2.24, 2.45) is 0 Å². The maximum Gasteiger partial charge on any atom is 0.257 e. The lowest BCUT2D eigenvalue weighted by Gasteiger charge is -2.10. The van der Waals surface area contributed by atoms with Crippen LogP contribution in [0.15, 0.2) is 45.0 Å². The summed E-state index contributed by atoms with van der Waals surface area (Å²) in [6.07, 6.45) is 2.14. The van der Waals surface area contributed by atoms with Gasteiger partial charge in [0.25, 0.3) is 5.89 Å². The Morgan fingerprint density at radius 3 is 2.81 bits per heavy atom. The van der Waals surface area contributed by atoms with Gasteiger partial charge in [0.05, 0.1) is 11.5 Å². The van der Waals surface area contributed by atoms with Crippen molar-refractivity contribution < 1.29 is 17.6 Å². The minimum Gasteiger partial charge on any atom is -0.494 e. The predicted molar refractivity (Wildman–Crippen MR) is 101 cm³/mol. The summed E-state index contributed by atoms with van der Waals surface area (Å²) >= 11 is 1.11. The van der Waals surface area contributed by atoms with Crippen LogP contribution in [0.3, 0.4) is 0 Å². The van der Waals surface area contributed by atoms with Gasteiger partial charge in [-0.25, -0.2) is 13.1 Å². The van der Waals surface area contributed by atoms with Crippen molar-refractivity contribution in [3.05, 3.63) is 47.9 Å². The molecule has 142 valence electrons. The molecule has 0 spiro atoms. The summed E-state index contributed by atoms with van der Waals surface area (Å²) in [5, 5.41) is 8.07. The van der Waals surface area contributed by atoms with Crippen LogP contribution in [0, 0.1) is 0 Å². The number of hydrogen-bond acceptors (Lipinski definition) is 7. The topological polar surface area (TPSA) is 94.3 Å². The number of nitrogens with zero attached hydrogens (tertiary/aromatic N) is 2. The lowest BCUT2D eigenvalue weighted by molar-refractivity contribution is 0.336. The molecular weight excluding hydrogens is 386 g/mol. The summed E-state index contributed by atoms with van der Waals surface area (Å²) < 4.78 is 39.3. The van der Waals surface area contributed by atoms with Gasteiger partial charge in [0, 0.05) is 18.0 Å². The molecule has 27 heavy (non-hydrogen) atoms. The molecule has 4 rings (SSSR count). The highest BCUT2D eigenvalue weighted by Gasteiger charge is 2.30. The summed E-state index contributed by atoms with van der Waals surface area (Å²) in [6, 6.07) is 10.6. The quantitative estimate of drug-likeness (QED) is 0.616. The zero-order valence-corrected chi connectivity index (χ0v) is 16.3. The van der Waals surface area contributed by atoms with E-state index in [2.05, 4.69) is 14.9 Å². The fraction of sp³-hybridized carbons (Fsp3) is 0.333. The molecule has 9 heteroatoms. The number of rotatable bonds is 8. The van der Waals surface area contributed by atoms with E-state index in [-0.39, 0.29) is 10.8 Å². The third kappa shape index (κ3) is 4.05. The number of thiophene rings is 1. The van der Waals surface area contributed by atoms with Gasteiger partial charge in [-0.3, -0.25) is 0 Å². The molecule has 0 saturated heterocycles. The van der Waals surface area contributed by atoms with Crippen LogP contribution in [-0.4, -0.2) is 25.2 Å². The number of nitrogens with one attached hydrogen (secondary N) is 1. The largest absolute Gasteiger partial charge is 0.494 e. The third-order valence-corrected chi connectivity index (χ3v) is 7.12. The lowest BCUT2D eigenvalue weighted by Crippen LogP contribution is -2.22. The standard InChI is InChI=1S/C18H19N3O4S2/c1-2-24-14-6-4-3-5-13(14)11-19-27(22,23)16-10-9-15(26-16)18-21-20-17(25-18)12-7-8-12/h3-6,9-10,12,19H,2,7-8,11H2,1H3. The van der Waals surface area contributed by atoms with Crippen LogP contribution in [0.25, 0.3) is 10.8 Å². The molecule has 1 aromatic carbocycles. The molecule has 0 atom stereocenters. The van der Waals surface area contributed by atoms with Gasteiger partial charge < -0.3 is 9.15 Å². The smallest absolute Gasteiger partial charge is 0.257 e. The molecule has 0 unspecified atom stereocenters. The van der Waals surface area contributed by atoms with Gasteiger partial charge in [0.2, 0.25) is 15.9 Å². The molecule has 2 heterocycles. The second-order valence-corrected chi connectivity index (χ2v) is 9.28. The molecule has 1 fully saturated rings. The van der Waals surface area contributed by atoms with Crippen LogP contribution in [0.4, 0.5) is 0 Å². The third-order valence-electron chi connectivity index (χ3n) is 4.15. The molecule has 0 amide bonds. The predicted octanol–water partition coefficient (Wildman–Crippen LogP) is 3.55. The van der Waals surface area contributed by atoms with E-state index in [4.69, 9.17) is 9.15 Å². The van der Waals surface area contributed by atoms with Crippen LogP contribution in [-0.2, 0) is 16.6 Å². The Bertz CT molecular complexity index is 1040. The van der Waals surface area contributed by atoms with E-state index < -0.39 is 10.0 Å². The van der Waals surface area contributed by atoms with Crippen molar-refractivity contribution in [1.29, 1.82) is 0 Å². The Kier molecular flexibility index (Phi) is 4.98. The number of sulfonamides is 1. The molecule has 1 N–H and O–H groups in total. The average molecular weight is 406 g/mol. The van der Waals surface area contributed by atoms with Crippen LogP contribution in [0.1, 0.15) is 37.1 Å². The van der Waals surface area contributed by atoms with Crippen molar-refractivity contribution >= 4 is 21.4 Å². The maximum atomic E-state index is 12.6. The summed E-state index contributed by atoms with van der Waals surface area (Å²) in [5.41, 5.74) is 0.783. The molecule has 2 aromatic heterocycles. The summed E-state index contributed by atoms with van der Waals surface area (Å²) in [6.45, 7) is 2.56. The first-order chi connectivity index (χ1) is 13.1. The Morgan fingerprint density at radius 2 is 2.04 bits per heavy atom. The highest BCUT2D eigenvalue weighted by Crippen LogP contribution is 2.40. The molecule has 7 nitrogen and oxygen atoms in total. The number of ether oxygens (including phenoxy) is 1. The summed E-state index contributed by atoms with van der Waals surface area (Å²) in [5.74, 6) is 2.04. The molecule has 1 saturated carbocycles. The molecular formula is C18H19N3O4S2. The Hall–Kier alpha value is -2.23. The maximum absolute atomic E-state index is 12.6. The SMILES string of the molecule is CCOc1ccccc1CNS(=O)(=O)c1ccc(-c2nnc(C3CC3)o2)s1. The minimum atomic E-state index is -3.65. The summed E-state index contributed by atoms with van der Waals surface area (Å²) in [4.78, 5) is 0.643. The Balaban J connectivity index is 1.48. The van der Waals surface area contributed by atoms with Crippen LogP contribution in [0.5, 0.6) is 5.75 Å². The number of benzene rings is 1. The van der Waals surface area contributed by atoms with Crippen LogP contribution in [0.2, 0.25) is 0 Å². The zero-order chi connectivity index (χ0) is 18.9. The molecule has 0 radical (unpaired) electrons. The van der Waals surface area contributed by atoms with Crippen molar-refractivity contribution in [2.75, 3.05) is 6.61 Å². The van der Waals surface area contributed by atoms with E-state index >= 15 is 0 Å². The van der Waals surface area contributed by atoms with Gasteiger partial charge in [-0.05, 0) is 38.0 Å². The van der Waals surface area contributed by atoms with Crippen LogP contribution >= 0.6 is 11.3 Å². The van der Waals surface area contributed by atoms with Gasteiger partial charge >= 0.3 is 0 Å². The molecule has 0 bridgehead atoms. The van der Waals surface area contributed by atoms with Gasteiger partial charge in [-0.1, -0.05) is 18.2 Å². The summed E-state index contributed by atoms with van der Waals surface area (Å²) in [7, 11) is -3.65. The average Bonchev–Trinajstić information content (AvgIpc) is 3.19. The van der Waals surface area contributed by atoms with Crippen LogP contribution < -0.4 is 9.46 Å². The first kappa shape index (κ1) is 18.1. The minimum absolute atomic E-state index is 0.151. The van der Waals surface area contributed by atoms with E-state index in [0.29, 0.717) is 34.9 Å². The van der Waals surface area contributed by atoms with Gasteiger partial charge in [-0.2, -0.15) is 0 Å². The number of para-hydroxylation sites is 1.